The zero-order valence-corrected chi connectivity index (χ0v) is 6.85. The Kier molecular flexibility index (Phi) is 1.70. The minimum atomic E-state index is -0.522. The number of rotatable bonds is 1. The van der Waals surface area contributed by atoms with Gasteiger partial charge in [0.1, 0.15) is 0 Å². The van der Waals surface area contributed by atoms with E-state index < -0.39 is 5.97 Å². The van der Waals surface area contributed by atoms with E-state index >= 15 is 0 Å². The Morgan fingerprint density at radius 2 is 2.46 bits per heavy atom. The second-order valence-electron chi connectivity index (χ2n) is 2.38. The van der Waals surface area contributed by atoms with Crippen molar-refractivity contribution in [2.45, 2.75) is 0 Å². The molecule has 0 aliphatic heterocycles. The first-order chi connectivity index (χ1) is 6.33. The summed E-state index contributed by atoms with van der Waals surface area (Å²) in [4.78, 5) is 15.0. The molecule has 0 saturated carbocycles. The van der Waals surface area contributed by atoms with Gasteiger partial charge in [-0.1, -0.05) is 5.16 Å². The molecule has 5 nitrogen and oxygen atoms in total. The number of ether oxygens (including phenoxy) is 1. The van der Waals surface area contributed by atoms with Crippen LogP contribution in [0.3, 0.4) is 0 Å². The average molecular weight is 178 g/mol. The van der Waals surface area contributed by atoms with Crippen LogP contribution in [0.5, 0.6) is 0 Å². The first kappa shape index (κ1) is 7.72. The van der Waals surface area contributed by atoms with Crippen LogP contribution in [0, 0.1) is 0 Å². The monoisotopic (exact) mass is 178 g/mol. The van der Waals surface area contributed by atoms with Gasteiger partial charge in [-0.15, -0.1) is 0 Å². The summed E-state index contributed by atoms with van der Waals surface area (Å²) in [5.74, 6) is -0.522. The van der Waals surface area contributed by atoms with Gasteiger partial charge in [-0.3, -0.25) is 0 Å². The van der Waals surface area contributed by atoms with Crippen molar-refractivity contribution in [2.75, 3.05) is 7.11 Å². The number of hydrogen-bond acceptors (Lipinski definition) is 5. The van der Waals surface area contributed by atoms with Gasteiger partial charge in [0.05, 0.1) is 12.5 Å². The summed E-state index contributed by atoms with van der Waals surface area (Å²) in [5.41, 5.74) is 0.494. The van der Waals surface area contributed by atoms with Crippen molar-refractivity contribution < 1.29 is 14.1 Å². The molecular weight excluding hydrogens is 172 g/mol. The molecule has 0 atom stereocenters. The van der Waals surface area contributed by atoms with Crippen LogP contribution in [-0.4, -0.2) is 23.2 Å². The zero-order chi connectivity index (χ0) is 9.26. The molecule has 0 aliphatic rings. The van der Waals surface area contributed by atoms with Gasteiger partial charge in [0.25, 0.3) is 5.71 Å². The van der Waals surface area contributed by atoms with Gasteiger partial charge < -0.3 is 9.26 Å². The van der Waals surface area contributed by atoms with Gasteiger partial charge in [-0.25, -0.2) is 9.78 Å². The van der Waals surface area contributed by atoms with Crippen LogP contribution in [0.2, 0.25) is 0 Å². The fourth-order valence-electron chi connectivity index (χ4n) is 1.03. The fraction of sp³-hybridized carbons (Fsp3) is 0.125. The summed E-state index contributed by atoms with van der Waals surface area (Å²) in [6, 6.07) is 3.40. The van der Waals surface area contributed by atoms with Gasteiger partial charge in [-0.05, 0) is 12.1 Å². The van der Waals surface area contributed by atoms with E-state index in [4.69, 9.17) is 4.52 Å². The molecule has 0 aromatic carbocycles. The first-order valence-corrected chi connectivity index (χ1v) is 3.61. The number of esters is 1. The molecule has 0 radical (unpaired) electrons. The summed E-state index contributed by atoms with van der Waals surface area (Å²) in [6.45, 7) is 0. The smallest absolute Gasteiger partial charge is 0.360 e. The molecule has 0 aliphatic carbocycles. The largest absolute Gasteiger partial charge is 0.464 e. The number of pyridine rings is 1. The normalized spacial score (nSPS) is 10.2. The Morgan fingerprint density at radius 1 is 1.62 bits per heavy atom. The molecule has 2 aromatic heterocycles. The van der Waals surface area contributed by atoms with Crippen molar-refractivity contribution in [1.29, 1.82) is 0 Å². The van der Waals surface area contributed by atoms with E-state index in [0.717, 1.165) is 0 Å². The minimum absolute atomic E-state index is 0.158. The van der Waals surface area contributed by atoms with Crippen LogP contribution in [0.1, 0.15) is 10.5 Å². The fourth-order valence-corrected chi connectivity index (χ4v) is 1.03. The van der Waals surface area contributed by atoms with E-state index in [-0.39, 0.29) is 5.69 Å². The molecule has 0 unspecified atom stereocenters. The van der Waals surface area contributed by atoms with Crippen LogP contribution >= 0.6 is 0 Å². The Morgan fingerprint density at radius 3 is 3.23 bits per heavy atom. The number of methoxy groups -OCH3 is 1. The van der Waals surface area contributed by atoms with E-state index in [2.05, 4.69) is 14.9 Å². The van der Waals surface area contributed by atoms with Crippen molar-refractivity contribution in [3.63, 3.8) is 0 Å². The molecule has 66 valence electrons. The van der Waals surface area contributed by atoms with Gasteiger partial charge >= 0.3 is 5.97 Å². The maximum absolute atomic E-state index is 11.1. The highest BCUT2D eigenvalue weighted by Gasteiger charge is 2.16. The number of aromatic nitrogens is 2. The molecule has 0 saturated heterocycles. The predicted octanol–water partition coefficient (Wildman–Crippen LogP) is 1.01. The highest BCUT2D eigenvalue weighted by atomic mass is 16.5. The number of hydrogen-bond donors (Lipinski definition) is 0. The second-order valence-corrected chi connectivity index (χ2v) is 2.38. The van der Waals surface area contributed by atoms with Crippen LogP contribution in [0.15, 0.2) is 22.9 Å². The van der Waals surface area contributed by atoms with Crippen molar-refractivity contribution in [1.82, 2.24) is 10.1 Å². The van der Waals surface area contributed by atoms with Crippen molar-refractivity contribution in [2.24, 2.45) is 0 Å². The van der Waals surface area contributed by atoms with Crippen molar-refractivity contribution >= 4 is 17.1 Å². The molecular formula is C8H6N2O3. The topological polar surface area (TPSA) is 65.2 Å². The molecule has 0 fully saturated rings. The molecule has 0 bridgehead atoms. The minimum Gasteiger partial charge on any atom is -0.464 e. The molecule has 0 N–H and O–H groups in total. The molecule has 2 rings (SSSR count). The summed E-state index contributed by atoms with van der Waals surface area (Å²) >= 11 is 0. The van der Waals surface area contributed by atoms with Crippen molar-refractivity contribution in [3.8, 4) is 0 Å². The Hall–Kier alpha value is -1.91. The number of fused-ring (bicyclic) bond motifs is 1. The number of carbonyl (C=O) groups is 1. The standard InChI is InChI=1S/C8H6N2O3/c1-12-8(11)6-5-3-2-4-9-7(5)13-10-6/h2-4H,1H3. The molecule has 0 spiro atoms. The molecule has 5 heteroatoms. The van der Waals surface area contributed by atoms with E-state index in [1.54, 1.807) is 18.3 Å². The lowest BCUT2D eigenvalue weighted by Gasteiger charge is -1.91. The third-order valence-electron chi connectivity index (χ3n) is 1.63. The van der Waals surface area contributed by atoms with Gasteiger partial charge in [0.2, 0.25) is 5.69 Å². The van der Waals surface area contributed by atoms with E-state index in [0.29, 0.717) is 11.1 Å². The van der Waals surface area contributed by atoms with Gasteiger partial charge in [0.15, 0.2) is 0 Å². The summed E-state index contributed by atoms with van der Waals surface area (Å²) in [6.07, 6.45) is 1.56. The quantitative estimate of drug-likeness (QED) is 0.609. The maximum Gasteiger partial charge on any atom is 0.360 e. The lowest BCUT2D eigenvalue weighted by atomic mass is 10.3. The first-order valence-electron chi connectivity index (χ1n) is 3.61. The van der Waals surface area contributed by atoms with Gasteiger partial charge in [0, 0.05) is 6.20 Å². The molecule has 13 heavy (non-hydrogen) atoms. The maximum atomic E-state index is 11.1. The third-order valence-corrected chi connectivity index (χ3v) is 1.63. The summed E-state index contributed by atoms with van der Waals surface area (Å²) in [7, 11) is 1.29. The molecule has 0 amide bonds. The van der Waals surface area contributed by atoms with E-state index in [1.807, 2.05) is 0 Å². The predicted molar refractivity (Wildman–Crippen MR) is 43.1 cm³/mol. The number of nitrogens with zero attached hydrogens (tertiary/aromatic N) is 2. The molecule has 2 aromatic rings. The Bertz CT molecular complexity index is 449. The lowest BCUT2D eigenvalue weighted by molar-refractivity contribution is 0.0591. The van der Waals surface area contributed by atoms with Crippen LogP contribution in [0.4, 0.5) is 0 Å². The zero-order valence-electron chi connectivity index (χ0n) is 6.85. The summed E-state index contributed by atoms with van der Waals surface area (Å²) in [5, 5.41) is 4.12. The average Bonchev–Trinajstić information content (AvgIpc) is 2.60. The Labute approximate surface area is 73.3 Å². The third kappa shape index (κ3) is 1.14. The van der Waals surface area contributed by atoms with Crippen molar-refractivity contribution in [3.05, 3.63) is 24.0 Å². The lowest BCUT2D eigenvalue weighted by Crippen LogP contribution is -2.01. The summed E-state index contributed by atoms with van der Waals surface area (Å²) < 4.78 is 9.32. The number of carbonyl (C=O) groups excluding carboxylic acids is 1. The van der Waals surface area contributed by atoms with E-state index in [9.17, 15) is 4.79 Å². The van der Waals surface area contributed by atoms with Crippen LogP contribution in [0.25, 0.3) is 11.1 Å². The van der Waals surface area contributed by atoms with Crippen LogP contribution in [-0.2, 0) is 4.74 Å². The second kappa shape index (κ2) is 2.85. The SMILES string of the molecule is COC(=O)c1noc2ncccc12. The van der Waals surface area contributed by atoms with E-state index in [1.165, 1.54) is 7.11 Å². The van der Waals surface area contributed by atoms with Gasteiger partial charge in [-0.2, -0.15) is 0 Å². The highest BCUT2D eigenvalue weighted by Crippen LogP contribution is 2.15. The van der Waals surface area contributed by atoms with Crippen LogP contribution < -0.4 is 0 Å². The highest BCUT2D eigenvalue weighted by molar-refractivity contribution is 5.99. The Balaban J connectivity index is 2.64. The molecule has 2 heterocycles.